The number of nitrogens with two attached hydrogens (primary N) is 1. The average molecular weight is 282 g/mol. The SMILES string of the molecule is NC(=O)N(OC1=CC=C2CC=CC=C2O1)c1ccccc1. The number of fused-ring (bicyclic) bond motifs is 1. The lowest BCUT2D eigenvalue weighted by molar-refractivity contribution is 0.0639. The van der Waals surface area contributed by atoms with Crippen molar-refractivity contribution in [3.8, 4) is 0 Å². The first kappa shape index (κ1) is 13.1. The lowest BCUT2D eigenvalue weighted by atomic mass is 10.0. The van der Waals surface area contributed by atoms with Crippen molar-refractivity contribution >= 4 is 11.7 Å². The number of urea groups is 1. The summed E-state index contributed by atoms with van der Waals surface area (Å²) < 4.78 is 5.62. The summed E-state index contributed by atoms with van der Waals surface area (Å²) >= 11 is 0. The van der Waals surface area contributed by atoms with E-state index in [0.717, 1.165) is 17.1 Å². The number of hydroxylamine groups is 1. The minimum absolute atomic E-state index is 0.197. The molecule has 1 aliphatic carbocycles. The van der Waals surface area contributed by atoms with Gasteiger partial charge in [-0.3, -0.25) is 0 Å². The molecule has 2 N–H and O–H groups in total. The van der Waals surface area contributed by atoms with E-state index in [4.69, 9.17) is 15.3 Å². The highest BCUT2D eigenvalue weighted by atomic mass is 16.8. The van der Waals surface area contributed by atoms with Crippen LogP contribution < -0.4 is 10.8 Å². The number of nitrogens with zero attached hydrogens (tertiary/aromatic N) is 1. The molecule has 0 unspecified atom stereocenters. The monoisotopic (exact) mass is 282 g/mol. The number of carbonyl (C=O) groups excluding carboxylic acids is 1. The lowest BCUT2D eigenvalue weighted by Crippen LogP contribution is -2.36. The highest BCUT2D eigenvalue weighted by molar-refractivity contribution is 5.88. The van der Waals surface area contributed by atoms with Crippen LogP contribution in [0.15, 0.2) is 78.0 Å². The summed E-state index contributed by atoms with van der Waals surface area (Å²) in [7, 11) is 0. The first-order valence-electron chi connectivity index (χ1n) is 6.52. The Hall–Kier alpha value is -2.95. The van der Waals surface area contributed by atoms with Gasteiger partial charge < -0.3 is 15.3 Å². The quantitative estimate of drug-likeness (QED) is 0.866. The number of carbonyl (C=O) groups is 1. The molecule has 0 aromatic heterocycles. The van der Waals surface area contributed by atoms with Gasteiger partial charge in [-0.1, -0.05) is 30.4 Å². The number of amides is 2. The molecule has 2 amide bonds. The van der Waals surface area contributed by atoms with Crippen molar-refractivity contribution in [3.05, 3.63) is 78.0 Å². The summed E-state index contributed by atoms with van der Waals surface area (Å²) in [5.74, 6) is 0.912. The molecule has 106 valence electrons. The van der Waals surface area contributed by atoms with Gasteiger partial charge in [0, 0.05) is 6.08 Å². The normalized spacial score (nSPS) is 15.9. The maximum absolute atomic E-state index is 11.6. The third kappa shape index (κ3) is 2.81. The second kappa shape index (κ2) is 5.58. The summed E-state index contributed by atoms with van der Waals surface area (Å²) in [6.07, 6.45) is 10.2. The Balaban J connectivity index is 1.80. The van der Waals surface area contributed by atoms with Gasteiger partial charge in [0.25, 0.3) is 0 Å². The minimum Gasteiger partial charge on any atom is -0.424 e. The van der Waals surface area contributed by atoms with E-state index in [9.17, 15) is 4.79 Å². The van der Waals surface area contributed by atoms with Gasteiger partial charge in [-0.15, -0.1) is 5.06 Å². The van der Waals surface area contributed by atoms with Crippen molar-refractivity contribution in [2.24, 2.45) is 5.73 Å². The Labute approximate surface area is 122 Å². The number of hydrogen-bond acceptors (Lipinski definition) is 3. The summed E-state index contributed by atoms with van der Waals surface area (Å²) in [5.41, 5.74) is 6.95. The summed E-state index contributed by atoms with van der Waals surface area (Å²) in [6.45, 7) is 0. The van der Waals surface area contributed by atoms with Gasteiger partial charge in [-0.05, 0) is 36.3 Å². The van der Waals surface area contributed by atoms with Crippen LogP contribution in [0.3, 0.4) is 0 Å². The molecular formula is C16H14N2O3. The van der Waals surface area contributed by atoms with Crippen LogP contribution in [0.1, 0.15) is 6.42 Å². The molecular weight excluding hydrogens is 268 g/mol. The summed E-state index contributed by atoms with van der Waals surface area (Å²) in [5, 5.41) is 0.990. The Kier molecular flexibility index (Phi) is 3.47. The van der Waals surface area contributed by atoms with E-state index in [1.807, 2.05) is 30.4 Å². The molecule has 1 aromatic carbocycles. The van der Waals surface area contributed by atoms with Crippen molar-refractivity contribution in [3.63, 3.8) is 0 Å². The molecule has 0 atom stereocenters. The zero-order valence-electron chi connectivity index (χ0n) is 11.2. The molecule has 0 bridgehead atoms. The molecule has 0 saturated heterocycles. The van der Waals surface area contributed by atoms with Crippen LogP contribution in [-0.4, -0.2) is 6.03 Å². The van der Waals surface area contributed by atoms with E-state index in [2.05, 4.69) is 0 Å². The first-order valence-corrected chi connectivity index (χ1v) is 6.52. The number of para-hydroxylation sites is 1. The Morgan fingerprint density at radius 2 is 2.00 bits per heavy atom. The van der Waals surface area contributed by atoms with Gasteiger partial charge in [0.2, 0.25) is 0 Å². The average Bonchev–Trinajstić information content (AvgIpc) is 2.53. The predicted octanol–water partition coefficient (Wildman–Crippen LogP) is 3.15. The summed E-state index contributed by atoms with van der Waals surface area (Å²) in [6, 6.07) is 8.13. The molecule has 1 heterocycles. The fourth-order valence-corrected chi connectivity index (χ4v) is 2.05. The molecule has 0 fully saturated rings. The first-order chi connectivity index (χ1) is 10.2. The zero-order chi connectivity index (χ0) is 14.7. The Bertz CT molecular complexity index is 672. The third-order valence-corrected chi connectivity index (χ3v) is 3.04. The Morgan fingerprint density at radius 1 is 1.19 bits per heavy atom. The van der Waals surface area contributed by atoms with Gasteiger partial charge >= 0.3 is 12.0 Å². The molecule has 1 aromatic rings. The van der Waals surface area contributed by atoms with Crippen LogP contribution in [0.5, 0.6) is 0 Å². The number of allylic oxidation sites excluding steroid dienone is 6. The molecule has 0 radical (unpaired) electrons. The van der Waals surface area contributed by atoms with Crippen LogP contribution in [0.2, 0.25) is 0 Å². The maximum Gasteiger partial charge on any atom is 0.352 e. The highest BCUT2D eigenvalue weighted by Crippen LogP contribution is 2.28. The summed E-state index contributed by atoms with van der Waals surface area (Å²) in [4.78, 5) is 17.0. The van der Waals surface area contributed by atoms with Crippen LogP contribution in [0.4, 0.5) is 10.5 Å². The number of anilines is 1. The third-order valence-electron chi connectivity index (χ3n) is 3.04. The van der Waals surface area contributed by atoms with Crippen LogP contribution >= 0.6 is 0 Å². The molecule has 5 heteroatoms. The van der Waals surface area contributed by atoms with Gasteiger partial charge in [0.15, 0.2) is 0 Å². The topological polar surface area (TPSA) is 64.8 Å². The predicted molar refractivity (Wildman–Crippen MR) is 78.7 cm³/mol. The van der Waals surface area contributed by atoms with E-state index >= 15 is 0 Å². The van der Waals surface area contributed by atoms with Crippen LogP contribution in [0, 0.1) is 0 Å². The van der Waals surface area contributed by atoms with Crippen molar-refractivity contribution in [1.29, 1.82) is 0 Å². The van der Waals surface area contributed by atoms with Gasteiger partial charge in [-0.25, -0.2) is 4.79 Å². The van der Waals surface area contributed by atoms with E-state index < -0.39 is 6.03 Å². The number of rotatable bonds is 3. The van der Waals surface area contributed by atoms with Gasteiger partial charge in [0.1, 0.15) is 5.76 Å². The molecule has 21 heavy (non-hydrogen) atoms. The number of hydrogen-bond donors (Lipinski definition) is 1. The van der Waals surface area contributed by atoms with E-state index in [-0.39, 0.29) is 5.95 Å². The molecule has 1 aliphatic heterocycles. The number of primary amides is 1. The molecule has 5 nitrogen and oxygen atoms in total. The largest absolute Gasteiger partial charge is 0.424 e. The number of benzene rings is 1. The fraction of sp³-hybridized carbons (Fsp3) is 0.0625. The van der Waals surface area contributed by atoms with Crippen molar-refractivity contribution in [2.45, 2.75) is 6.42 Å². The Morgan fingerprint density at radius 3 is 2.76 bits per heavy atom. The fourth-order valence-electron chi connectivity index (χ4n) is 2.05. The molecule has 0 spiro atoms. The van der Waals surface area contributed by atoms with Crippen LogP contribution in [-0.2, 0) is 9.57 Å². The van der Waals surface area contributed by atoms with Crippen molar-refractivity contribution in [1.82, 2.24) is 0 Å². The van der Waals surface area contributed by atoms with Crippen molar-refractivity contribution in [2.75, 3.05) is 5.06 Å². The minimum atomic E-state index is -0.724. The second-order valence-corrected chi connectivity index (χ2v) is 4.50. The van der Waals surface area contributed by atoms with E-state index in [1.165, 1.54) is 0 Å². The lowest BCUT2D eigenvalue weighted by Gasteiger charge is -2.24. The molecule has 0 saturated carbocycles. The standard InChI is InChI=1S/C16H14N2O3/c17-16(19)18(13-7-2-1-3-8-13)21-15-11-10-12-6-4-5-9-14(12)20-15/h1-5,7-11H,6H2,(H2,17,19). The van der Waals surface area contributed by atoms with Gasteiger partial charge in [0.05, 0.1) is 5.69 Å². The molecule has 2 aliphatic rings. The van der Waals surface area contributed by atoms with E-state index in [1.54, 1.807) is 30.3 Å². The van der Waals surface area contributed by atoms with Crippen molar-refractivity contribution < 1.29 is 14.4 Å². The maximum atomic E-state index is 11.6. The molecule has 3 rings (SSSR count). The smallest absolute Gasteiger partial charge is 0.352 e. The van der Waals surface area contributed by atoms with Gasteiger partial charge in [-0.2, -0.15) is 0 Å². The number of ether oxygens (including phenoxy) is 1. The highest BCUT2D eigenvalue weighted by Gasteiger charge is 2.21. The van der Waals surface area contributed by atoms with E-state index in [0.29, 0.717) is 11.4 Å². The van der Waals surface area contributed by atoms with Crippen LogP contribution in [0.25, 0.3) is 0 Å². The second-order valence-electron chi connectivity index (χ2n) is 4.50. The zero-order valence-corrected chi connectivity index (χ0v) is 11.2.